The van der Waals surface area contributed by atoms with Crippen LogP contribution in [0.1, 0.15) is 38.5 Å². The summed E-state index contributed by atoms with van der Waals surface area (Å²) in [7, 11) is 3.34. The standard InChI is InChI=1S/C14H28N2O3/c1-18-11-6-9-16(10-12-19-2)14(17)15-13-7-4-3-5-8-13/h13H,3-12H2,1-2H3,(H,15,17). The van der Waals surface area contributed by atoms with Gasteiger partial charge in [0.2, 0.25) is 0 Å². The van der Waals surface area contributed by atoms with Crippen molar-refractivity contribution in [2.45, 2.75) is 44.6 Å². The molecule has 0 saturated heterocycles. The summed E-state index contributed by atoms with van der Waals surface area (Å²) < 4.78 is 10.1. The summed E-state index contributed by atoms with van der Waals surface area (Å²) in [5, 5.41) is 3.15. The third kappa shape index (κ3) is 6.78. The van der Waals surface area contributed by atoms with Crippen LogP contribution in [0.25, 0.3) is 0 Å². The van der Waals surface area contributed by atoms with Gasteiger partial charge in [-0.1, -0.05) is 19.3 Å². The van der Waals surface area contributed by atoms with Crippen LogP contribution in [0.3, 0.4) is 0 Å². The highest BCUT2D eigenvalue weighted by atomic mass is 16.5. The predicted molar refractivity (Wildman–Crippen MR) is 75.3 cm³/mol. The fraction of sp³-hybridized carbons (Fsp3) is 0.929. The fourth-order valence-corrected chi connectivity index (χ4v) is 2.43. The van der Waals surface area contributed by atoms with Gasteiger partial charge in [0.05, 0.1) is 6.61 Å². The Labute approximate surface area is 116 Å². The lowest BCUT2D eigenvalue weighted by atomic mass is 9.96. The van der Waals surface area contributed by atoms with E-state index < -0.39 is 0 Å². The van der Waals surface area contributed by atoms with Crippen LogP contribution in [0.2, 0.25) is 0 Å². The van der Waals surface area contributed by atoms with Gasteiger partial charge in [0.1, 0.15) is 0 Å². The van der Waals surface area contributed by atoms with E-state index in [1.807, 2.05) is 4.90 Å². The molecule has 1 saturated carbocycles. The molecule has 5 nitrogen and oxygen atoms in total. The normalized spacial score (nSPS) is 16.3. The number of carbonyl (C=O) groups excluding carboxylic acids is 1. The van der Waals surface area contributed by atoms with E-state index in [1.165, 1.54) is 19.3 Å². The molecule has 1 aliphatic carbocycles. The molecule has 0 aromatic heterocycles. The van der Waals surface area contributed by atoms with Crippen molar-refractivity contribution in [3.63, 3.8) is 0 Å². The zero-order chi connectivity index (χ0) is 13.9. The Morgan fingerprint density at radius 3 is 2.42 bits per heavy atom. The Morgan fingerprint density at radius 2 is 1.79 bits per heavy atom. The number of hydrogen-bond donors (Lipinski definition) is 1. The molecule has 1 N–H and O–H groups in total. The van der Waals surface area contributed by atoms with Crippen LogP contribution >= 0.6 is 0 Å². The van der Waals surface area contributed by atoms with Gasteiger partial charge in [-0.05, 0) is 19.3 Å². The Balaban J connectivity index is 2.35. The van der Waals surface area contributed by atoms with Crippen molar-refractivity contribution in [2.75, 3.05) is 40.5 Å². The number of nitrogens with zero attached hydrogens (tertiary/aromatic N) is 1. The third-order valence-corrected chi connectivity index (χ3v) is 3.56. The number of methoxy groups -OCH3 is 2. The fourth-order valence-electron chi connectivity index (χ4n) is 2.43. The van der Waals surface area contributed by atoms with Crippen LogP contribution in [-0.2, 0) is 9.47 Å². The summed E-state index contributed by atoms with van der Waals surface area (Å²) in [5.41, 5.74) is 0. The summed E-state index contributed by atoms with van der Waals surface area (Å²) in [6.07, 6.45) is 6.84. The Kier molecular flexibility index (Phi) is 8.58. The minimum absolute atomic E-state index is 0.0417. The number of hydrogen-bond acceptors (Lipinski definition) is 3. The summed E-state index contributed by atoms with van der Waals surface area (Å²) in [4.78, 5) is 14.1. The highest BCUT2D eigenvalue weighted by Gasteiger charge is 2.19. The Bertz CT molecular complexity index is 243. The molecule has 0 atom stereocenters. The van der Waals surface area contributed by atoms with Crippen LogP contribution in [0.5, 0.6) is 0 Å². The lowest BCUT2D eigenvalue weighted by molar-refractivity contribution is 0.135. The van der Waals surface area contributed by atoms with E-state index in [0.29, 0.717) is 25.8 Å². The first-order valence-corrected chi connectivity index (χ1v) is 7.31. The average Bonchev–Trinajstić information content (AvgIpc) is 2.43. The van der Waals surface area contributed by atoms with Gasteiger partial charge in [-0.15, -0.1) is 0 Å². The maximum atomic E-state index is 12.2. The zero-order valence-corrected chi connectivity index (χ0v) is 12.3. The van der Waals surface area contributed by atoms with Crippen LogP contribution in [0.4, 0.5) is 4.79 Å². The number of rotatable bonds is 8. The monoisotopic (exact) mass is 272 g/mol. The molecule has 0 heterocycles. The highest BCUT2D eigenvalue weighted by molar-refractivity contribution is 5.74. The molecule has 0 radical (unpaired) electrons. The smallest absolute Gasteiger partial charge is 0.317 e. The SMILES string of the molecule is COCCCN(CCOC)C(=O)NC1CCCCC1. The van der Waals surface area contributed by atoms with Gasteiger partial charge in [0.15, 0.2) is 0 Å². The first-order chi connectivity index (χ1) is 9.27. The zero-order valence-electron chi connectivity index (χ0n) is 12.3. The van der Waals surface area contributed by atoms with Crippen LogP contribution < -0.4 is 5.32 Å². The second-order valence-corrected chi connectivity index (χ2v) is 5.11. The minimum atomic E-state index is 0.0417. The van der Waals surface area contributed by atoms with Crippen molar-refractivity contribution >= 4 is 6.03 Å². The van der Waals surface area contributed by atoms with Gasteiger partial charge >= 0.3 is 6.03 Å². The molecule has 112 valence electrons. The minimum Gasteiger partial charge on any atom is -0.385 e. The van der Waals surface area contributed by atoms with Crippen LogP contribution in [0, 0.1) is 0 Å². The molecule has 0 unspecified atom stereocenters. The summed E-state index contributed by atoms with van der Waals surface area (Å²) in [5.74, 6) is 0. The van der Waals surface area contributed by atoms with Gasteiger partial charge < -0.3 is 19.7 Å². The van der Waals surface area contributed by atoms with Crippen molar-refractivity contribution in [3.05, 3.63) is 0 Å². The van der Waals surface area contributed by atoms with Gasteiger partial charge in [0.25, 0.3) is 0 Å². The van der Waals surface area contributed by atoms with Crippen LogP contribution in [-0.4, -0.2) is 57.5 Å². The topological polar surface area (TPSA) is 50.8 Å². The molecule has 2 amide bonds. The molecule has 0 aromatic carbocycles. The van der Waals surface area contributed by atoms with Crippen molar-refractivity contribution < 1.29 is 14.3 Å². The van der Waals surface area contributed by atoms with Gasteiger partial charge in [-0.2, -0.15) is 0 Å². The van der Waals surface area contributed by atoms with E-state index in [2.05, 4.69) is 5.32 Å². The first-order valence-electron chi connectivity index (χ1n) is 7.31. The van der Waals surface area contributed by atoms with E-state index in [1.54, 1.807) is 14.2 Å². The Morgan fingerprint density at radius 1 is 1.11 bits per heavy atom. The molecule has 1 fully saturated rings. The van der Waals surface area contributed by atoms with Gasteiger partial charge in [-0.25, -0.2) is 4.79 Å². The Hall–Kier alpha value is -0.810. The third-order valence-electron chi connectivity index (χ3n) is 3.56. The van der Waals surface area contributed by atoms with Crippen molar-refractivity contribution in [1.29, 1.82) is 0 Å². The van der Waals surface area contributed by atoms with Gasteiger partial charge in [-0.3, -0.25) is 0 Å². The number of carbonyl (C=O) groups is 1. The average molecular weight is 272 g/mol. The lowest BCUT2D eigenvalue weighted by Gasteiger charge is -2.28. The lowest BCUT2D eigenvalue weighted by Crippen LogP contribution is -2.47. The number of urea groups is 1. The summed E-state index contributed by atoms with van der Waals surface area (Å²) in [6, 6.07) is 0.397. The van der Waals surface area contributed by atoms with E-state index >= 15 is 0 Å². The van der Waals surface area contributed by atoms with Crippen molar-refractivity contribution in [2.24, 2.45) is 0 Å². The van der Waals surface area contributed by atoms with E-state index in [-0.39, 0.29) is 6.03 Å². The molecule has 1 rings (SSSR count). The molecule has 5 heteroatoms. The van der Waals surface area contributed by atoms with E-state index in [4.69, 9.17) is 9.47 Å². The van der Waals surface area contributed by atoms with Crippen molar-refractivity contribution in [3.8, 4) is 0 Å². The predicted octanol–water partition coefficient (Wildman–Crippen LogP) is 2.01. The van der Waals surface area contributed by atoms with Gasteiger partial charge in [0, 0.05) is 40.0 Å². The van der Waals surface area contributed by atoms with E-state index in [0.717, 1.165) is 25.8 Å². The van der Waals surface area contributed by atoms with Crippen LogP contribution in [0.15, 0.2) is 0 Å². The largest absolute Gasteiger partial charge is 0.385 e. The molecular formula is C14H28N2O3. The molecule has 1 aliphatic rings. The molecule has 0 aliphatic heterocycles. The highest BCUT2D eigenvalue weighted by Crippen LogP contribution is 2.17. The molecule has 0 bridgehead atoms. The van der Waals surface area contributed by atoms with Crippen molar-refractivity contribution in [1.82, 2.24) is 10.2 Å². The molecular weight excluding hydrogens is 244 g/mol. The second kappa shape index (κ2) is 10.0. The number of nitrogens with one attached hydrogen (secondary N) is 1. The van der Waals surface area contributed by atoms with E-state index in [9.17, 15) is 4.79 Å². The second-order valence-electron chi connectivity index (χ2n) is 5.11. The molecule has 19 heavy (non-hydrogen) atoms. The number of ether oxygens (including phenoxy) is 2. The maximum Gasteiger partial charge on any atom is 0.317 e. The first kappa shape index (κ1) is 16.2. The summed E-state index contributed by atoms with van der Waals surface area (Å²) in [6.45, 7) is 2.61. The molecule has 0 spiro atoms. The maximum absolute atomic E-state index is 12.2. The summed E-state index contributed by atoms with van der Waals surface area (Å²) >= 11 is 0. The molecule has 0 aromatic rings. The number of amides is 2. The quantitative estimate of drug-likeness (QED) is 0.688.